The van der Waals surface area contributed by atoms with Gasteiger partial charge in [-0.2, -0.15) is 0 Å². The molecule has 1 rings (SSSR count). The Morgan fingerprint density at radius 2 is 1.27 bits per heavy atom. The maximum absolute atomic E-state index is 10.2. The van der Waals surface area contributed by atoms with Crippen LogP contribution in [0.15, 0.2) is 37.4 Å². The molecule has 0 fully saturated rings. The number of para-hydroxylation sites is 2. The van der Waals surface area contributed by atoms with Crippen molar-refractivity contribution in [1.29, 1.82) is 0 Å². The zero-order valence-corrected chi connectivity index (χ0v) is 11.4. The van der Waals surface area contributed by atoms with Crippen molar-refractivity contribution in [3.05, 3.63) is 57.7 Å². The van der Waals surface area contributed by atoms with E-state index in [2.05, 4.69) is 13.2 Å². The molecule has 76 valence electrons. The van der Waals surface area contributed by atoms with Gasteiger partial charge in [0.2, 0.25) is 0 Å². The summed E-state index contributed by atoms with van der Waals surface area (Å²) in [6, 6.07) is 4.95. The fraction of sp³-hybridized carbons (Fsp3) is 0. The predicted octanol–water partition coefficient (Wildman–Crippen LogP) is -0.578. The van der Waals surface area contributed by atoms with E-state index in [0.29, 0.717) is 0 Å². The van der Waals surface area contributed by atoms with E-state index in [4.69, 9.17) is 0 Å². The number of nitro benzene ring substituents is 2. The molecular formula is C8H9KN2O4. The van der Waals surface area contributed by atoms with Gasteiger partial charge in [-0.15, -0.1) is 13.2 Å². The average molecular weight is 236 g/mol. The van der Waals surface area contributed by atoms with Crippen LogP contribution in [0.1, 0.15) is 1.43 Å². The van der Waals surface area contributed by atoms with E-state index < -0.39 is 21.2 Å². The van der Waals surface area contributed by atoms with Gasteiger partial charge >= 0.3 is 62.8 Å². The zero-order valence-electron chi connectivity index (χ0n) is 9.25. The third-order valence-electron chi connectivity index (χ3n) is 1.28. The van der Waals surface area contributed by atoms with Crippen LogP contribution in [0, 0.1) is 20.2 Å². The Hall–Kier alpha value is -0.604. The molecule has 6 nitrogen and oxygen atoms in total. The molecule has 0 radical (unpaired) electrons. The van der Waals surface area contributed by atoms with Crippen molar-refractivity contribution < 1.29 is 62.7 Å². The van der Waals surface area contributed by atoms with Crippen molar-refractivity contribution >= 4 is 11.4 Å². The molecule has 0 aliphatic heterocycles. The summed E-state index contributed by atoms with van der Waals surface area (Å²) in [6.07, 6.45) is 0. The molecule has 0 amide bonds. The first-order valence-corrected chi connectivity index (χ1v) is 3.50. The van der Waals surface area contributed by atoms with Crippen molar-refractivity contribution in [3.8, 4) is 0 Å². The minimum atomic E-state index is -0.780. The van der Waals surface area contributed by atoms with E-state index in [1.165, 1.54) is 12.1 Å². The molecule has 1 aromatic rings. The zero-order chi connectivity index (χ0) is 11.1. The summed E-state index contributed by atoms with van der Waals surface area (Å²) in [5, 5.41) is 20.5. The number of hydrogen-bond donors (Lipinski definition) is 0. The van der Waals surface area contributed by atoms with E-state index in [1.807, 2.05) is 0 Å². The molecule has 0 bridgehead atoms. The molecule has 7 heteroatoms. The molecule has 0 spiro atoms. The van der Waals surface area contributed by atoms with E-state index in [-0.39, 0.29) is 52.8 Å². The Kier molecular flexibility index (Phi) is 9.73. The first-order chi connectivity index (χ1) is 6.63. The standard InChI is InChI=1S/C6H4N2O4.C2H4.K.H/c9-7(10)5-3-1-2-4-6(5)8(11)12;1-2;;/h1-4H;1-2H2;;/q;;+1;-1. The Morgan fingerprint density at radius 1 is 1.00 bits per heavy atom. The second-order valence-corrected chi connectivity index (χ2v) is 2.00. The predicted molar refractivity (Wildman–Crippen MR) is 52.1 cm³/mol. The Balaban J connectivity index is -0.000000399. The van der Waals surface area contributed by atoms with Crippen LogP contribution >= 0.6 is 0 Å². The van der Waals surface area contributed by atoms with E-state index in [0.717, 1.165) is 12.1 Å². The number of hydrogen-bond acceptors (Lipinski definition) is 4. The fourth-order valence-corrected chi connectivity index (χ4v) is 0.773. The van der Waals surface area contributed by atoms with Crippen LogP contribution in [-0.2, 0) is 0 Å². The van der Waals surface area contributed by atoms with Crippen molar-refractivity contribution in [2.75, 3.05) is 0 Å². The summed E-state index contributed by atoms with van der Waals surface area (Å²) in [6.45, 7) is 6.00. The number of nitrogens with zero attached hydrogens (tertiary/aromatic N) is 2. The Labute approximate surface area is 130 Å². The van der Waals surface area contributed by atoms with Gasteiger partial charge in [-0.05, 0) is 0 Å². The molecule has 15 heavy (non-hydrogen) atoms. The van der Waals surface area contributed by atoms with Gasteiger partial charge < -0.3 is 1.43 Å². The number of rotatable bonds is 2. The molecule has 0 saturated heterocycles. The molecule has 1 aromatic carbocycles. The second-order valence-electron chi connectivity index (χ2n) is 2.00. The van der Waals surface area contributed by atoms with Gasteiger partial charge in [-0.1, -0.05) is 12.1 Å². The van der Waals surface area contributed by atoms with E-state index in [1.54, 1.807) is 0 Å². The summed E-state index contributed by atoms with van der Waals surface area (Å²) in [7, 11) is 0. The van der Waals surface area contributed by atoms with Crippen molar-refractivity contribution in [1.82, 2.24) is 0 Å². The molecule has 0 atom stereocenters. The van der Waals surface area contributed by atoms with Crippen LogP contribution < -0.4 is 51.4 Å². The van der Waals surface area contributed by atoms with Gasteiger partial charge in [-0.25, -0.2) is 0 Å². The summed E-state index contributed by atoms with van der Waals surface area (Å²) in [5.74, 6) is 0. The van der Waals surface area contributed by atoms with Gasteiger partial charge in [0.25, 0.3) is 0 Å². The van der Waals surface area contributed by atoms with Crippen LogP contribution in [0.5, 0.6) is 0 Å². The first-order valence-electron chi connectivity index (χ1n) is 3.50. The maximum atomic E-state index is 10.2. The van der Waals surface area contributed by atoms with Crippen molar-refractivity contribution in [2.45, 2.75) is 0 Å². The second kappa shape index (κ2) is 8.68. The molecule has 0 unspecified atom stereocenters. The van der Waals surface area contributed by atoms with Gasteiger partial charge in [0.15, 0.2) is 0 Å². The summed E-state index contributed by atoms with van der Waals surface area (Å²) < 4.78 is 0. The van der Waals surface area contributed by atoms with Gasteiger partial charge in [-0.3, -0.25) is 20.2 Å². The summed E-state index contributed by atoms with van der Waals surface area (Å²) in [5.41, 5.74) is -0.968. The maximum Gasteiger partial charge on any atom is 1.00 e. The normalized spacial score (nSPS) is 7.73. The largest absolute Gasteiger partial charge is 1.00 e. The summed E-state index contributed by atoms with van der Waals surface area (Å²) >= 11 is 0. The molecule has 0 saturated carbocycles. The molecule has 0 N–H and O–H groups in total. The average Bonchev–Trinajstić information content (AvgIpc) is 2.20. The quantitative estimate of drug-likeness (QED) is 0.297. The van der Waals surface area contributed by atoms with E-state index in [9.17, 15) is 20.2 Å². The fourth-order valence-electron chi connectivity index (χ4n) is 0.773. The molecule has 0 aliphatic rings. The Bertz CT molecular complexity index is 329. The van der Waals surface area contributed by atoms with Crippen molar-refractivity contribution in [2.24, 2.45) is 0 Å². The minimum Gasteiger partial charge on any atom is -1.00 e. The minimum absolute atomic E-state index is 0. The molecule has 0 heterocycles. The number of benzene rings is 1. The smallest absolute Gasteiger partial charge is 1.00 e. The van der Waals surface area contributed by atoms with Gasteiger partial charge in [0.1, 0.15) is 0 Å². The topological polar surface area (TPSA) is 86.3 Å². The van der Waals surface area contributed by atoms with Crippen molar-refractivity contribution in [3.63, 3.8) is 0 Å². The monoisotopic (exact) mass is 236 g/mol. The third kappa shape index (κ3) is 5.14. The van der Waals surface area contributed by atoms with Crippen LogP contribution in [0.25, 0.3) is 0 Å². The third-order valence-corrected chi connectivity index (χ3v) is 1.28. The SMILES string of the molecule is C=C.O=[N+]([O-])c1ccccc1[N+](=O)[O-].[H-].[K+]. The number of nitro groups is 2. The molecular weight excluding hydrogens is 227 g/mol. The molecule has 0 aliphatic carbocycles. The first kappa shape index (κ1) is 16.8. The summed E-state index contributed by atoms with van der Waals surface area (Å²) in [4.78, 5) is 18.9. The van der Waals surface area contributed by atoms with E-state index >= 15 is 0 Å². The van der Waals surface area contributed by atoms with Crippen LogP contribution in [0.2, 0.25) is 0 Å². The van der Waals surface area contributed by atoms with Gasteiger partial charge in [0.05, 0.1) is 9.85 Å². The van der Waals surface area contributed by atoms with Crippen LogP contribution in [0.4, 0.5) is 11.4 Å². The molecule has 0 aromatic heterocycles. The Morgan fingerprint density at radius 3 is 1.47 bits per heavy atom. The van der Waals surface area contributed by atoms with Crippen LogP contribution in [-0.4, -0.2) is 9.85 Å². The van der Waals surface area contributed by atoms with Gasteiger partial charge in [0, 0.05) is 12.1 Å². The van der Waals surface area contributed by atoms with Crippen LogP contribution in [0.3, 0.4) is 0 Å².